The summed E-state index contributed by atoms with van der Waals surface area (Å²) in [4.78, 5) is 8.33. The van der Waals surface area contributed by atoms with Crippen LogP contribution in [-0.2, 0) is 0 Å². The number of hydrogen-bond donors (Lipinski definition) is 0. The molecule has 0 atom stereocenters. The molecule has 0 saturated carbocycles. The minimum absolute atomic E-state index is 0. The zero-order chi connectivity index (χ0) is 3.58. The Bertz CT molecular complexity index is 42.3. The third kappa shape index (κ3) is 61.3. The van der Waals surface area contributed by atoms with Crippen LogP contribution in [-0.4, -0.2) is 55.0 Å². The Morgan fingerprint density at radius 2 is 1.25 bits per heavy atom. The first-order valence-corrected chi connectivity index (χ1v) is 0.612. The fourth-order valence-electron chi connectivity index (χ4n) is 0. The molecule has 0 unspecified atom stereocenters. The third-order valence-corrected chi connectivity index (χ3v) is 0. The standard InChI is InChI=1S/CH2O3.Ba.Ce.FH.Na/c2-1(3)4;;;;/h(H2,2,3,4);;;1H;/q;+2;;;+1/p-3. The van der Waals surface area contributed by atoms with Crippen LogP contribution in [0.5, 0.6) is 0 Å². The Labute approximate surface area is 142 Å². The van der Waals surface area contributed by atoms with E-state index in [-0.39, 0.29) is 125 Å². The molecule has 0 aliphatic carbocycles. The molecule has 0 aromatic rings. The Hall–Kier alpha value is 3.15. The van der Waals surface area contributed by atoms with Crippen LogP contribution in [0.2, 0.25) is 0 Å². The van der Waals surface area contributed by atoms with Gasteiger partial charge in [-0.05, 0) is 6.16 Å². The fraction of sp³-hybridized carbons (Fsp3) is 0. The van der Waals surface area contributed by atoms with E-state index in [2.05, 4.69) is 0 Å². The van der Waals surface area contributed by atoms with Crippen molar-refractivity contribution in [2.75, 3.05) is 0 Å². The summed E-state index contributed by atoms with van der Waals surface area (Å²) in [5, 5.41) is 16.7. The van der Waals surface area contributed by atoms with Crippen LogP contribution >= 0.6 is 0 Å². The predicted octanol–water partition coefficient (Wildman–Crippen LogP) is -8.82. The van der Waals surface area contributed by atoms with Gasteiger partial charge in [-0.3, -0.25) is 0 Å². The first-order valence-electron chi connectivity index (χ1n) is 0.612. The Morgan fingerprint density at radius 1 is 1.25 bits per heavy atom. The van der Waals surface area contributed by atoms with Crippen LogP contribution in [0, 0.1) is 41.7 Å². The summed E-state index contributed by atoms with van der Waals surface area (Å²) in [7, 11) is 0. The average molecular weight is 379 g/mol. The molecule has 0 amide bonds. The molecule has 0 radical (unpaired) electrons. The van der Waals surface area contributed by atoms with E-state index in [1.54, 1.807) is 0 Å². The zero-order valence-corrected chi connectivity index (χ0v) is 13.9. The molecule has 0 aliphatic rings. The summed E-state index contributed by atoms with van der Waals surface area (Å²) in [6.45, 7) is 0. The van der Waals surface area contributed by atoms with Gasteiger partial charge in [0.25, 0.3) is 0 Å². The third-order valence-electron chi connectivity index (χ3n) is 0. The average Bonchev–Trinajstić information content (AvgIpc) is 0.811. The SMILES string of the molecule is O=C([O-])[O-].[Ba+2].[Ce].[F-].[Na+]. The van der Waals surface area contributed by atoms with E-state index < -0.39 is 6.16 Å². The van der Waals surface area contributed by atoms with Crippen molar-refractivity contribution in [3.8, 4) is 0 Å². The van der Waals surface area contributed by atoms with Gasteiger partial charge in [0.15, 0.2) is 0 Å². The van der Waals surface area contributed by atoms with Crippen LogP contribution in [0.3, 0.4) is 0 Å². The molecule has 0 saturated heterocycles. The van der Waals surface area contributed by atoms with Gasteiger partial charge in [-0.2, -0.15) is 0 Å². The van der Waals surface area contributed by atoms with Gasteiger partial charge < -0.3 is 19.7 Å². The Morgan fingerprint density at radius 3 is 1.25 bits per heavy atom. The van der Waals surface area contributed by atoms with Crippen molar-refractivity contribution in [2.45, 2.75) is 0 Å². The maximum Gasteiger partial charge on any atom is 2.00 e. The second-order valence-corrected chi connectivity index (χ2v) is 0.250. The van der Waals surface area contributed by atoms with E-state index >= 15 is 0 Å². The van der Waals surface area contributed by atoms with E-state index in [1.807, 2.05) is 0 Å². The first-order chi connectivity index (χ1) is 1.73. The summed E-state index contributed by atoms with van der Waals surface area (Å²) in [5.74, 6) is 0. The number of carboxylic acid groups (broad SMARTS) is 2. The quantitative estimate of drug-likeness (QED) is 0.393. The van der Waals surface area contributed by atoms with E-state index in [4.69, 9.17) is 15.0 Å². The van der Waals surface area contributed by atoms with E-state index in [1.165, 1.54) is 0 Å². The molecule has 0 aromatic carbocycles. The minimum atomic E-state index is -2.33. The molecule has 0 heterocycles. The summed E-state index contributed by atoms with van der Waals surface area (Å²) < 4.78 is 0. The molecule has 0 rings (SSSR count). The van der Waals surface area contributed by atoms with Crippen LogP contribution in [0.25, 0.3) is 0 Å². The van der Waals surface area contributed by atoms with Crippen LogP contribution in [0.1, 0.15) is 0 Å². The summed E-state index contributed by atoms with van der Waals surface area (Å²) in [6, 6.07) is 0. The summed E-state index contributed by atoms with van der Waals surface area (Å²) in [5.41, 5.74) is 0. The Kier molecular flexibility index (Phi) is 85.3. The van der Waals surface area contributed by atoms with E-state index in [0.717, 1.165) is 0 Å². The van der Waals surface area contributed by atoms with Crippen molar-refractivity contribution < 1.29 is 91.0 Å². The fourth-order valence-corrected chi connectivity index (χ4v) is 0. The molecule has 0 spiro atoms. The van der Waals surface area contributed by atoms with Crippen molar-refractivity contribution in [2.24, 2.45) is 0 Å². The second-order valence-electron chi connectivity index (χ2n) is 0.250. The van der Waals surface area contributed by atoms with Gasteiger partial charge in [0.1, 0.15) is 0 Å². The number of halogens is 1. The number of hydrogen-bond acceptors (Lipinski definition) is 3. The predicted molar refractivity (Wildman–Crippen MR) is 11.1 cm³/mol. The number of carbonyl (C=O) groups excluding carboxylic acids is 1. The van der Waals surface area contributed by atoms with Gasteiger partial charge in [0, 0.05) is 41.7 Å². The molecule has 0 aromatic heterocycles. The molecule has 36 valence electrons. The van der Waals surface area contributed by atoms with Crippen LogP contribution < -0.4 is 44.5 Å². The molecule has 0 aliphatic heterocycles. The maximum atomic E-state index is 8.33. The van der Waals surface area contributed by atoms with Crippen molar-refractivity contribution >= 4 is 55.0 Å². The number of carbonyl (C=O) groups is 1. The monoisotopic (exact) mass is 380 g/mol. The smallest absolute Gasteiger partial charge is 1.00 e. The van der Waals surface area contributed by atoms with Crippen LogP contribution in [0.15, 0.2) is 0 Å². The first kappa shape index (κ1) is 30.4. The van der Waals surface area contributed by atoms with Crippen molar-refractivity contribution in [1.82, 2.24) is 0 Å². The van der Waals surface area contributed by atoms with Crippen molar-refractivity contribution in [3.05, 3.63) is 0 Å². The molecule has 8 heavy (non-hydrogen) atoms. The molecule has 0 N–H and O–H groups in total. The molecular weight excluding hydrogens is 379 g/mol. The van der Waals surface area contributed by atoms with Gasteiger partial charge in [-0.25, -0.2) is 0 Å². The maximum absolute atomic E-state index is 8.33. The molecular formula is CBaCeFNaO3. The van der Waals surface area contributed by atoms with Gasteiger partial charge in [0.2, 0.25) is 0 Å². The van der Waals surface area contributed by atoms with Crippen molar-refractivity contribution in [3.63, 3.8) is 0 Å². The zero-order valence-electron chi connectivity index (χ0n) is 4.31. The largest absolute Gasteiger partial charge is 2.00 e. The normalized spacial score (nSPS) is 3.00. The molecule has 0 bridgehead atoms. The van der Waals surface area contributed by atoms with E-state index in [0.29, 0.717) is 0 Å². The van der Waals surface area contributed by atoms with E-state index in [9.17, 15) is 0 Å². The van der Waals surface area contributed by atoms with Crippen LogP contribution in [0.4, 0.5) is 4.79 Å². The van der Waals surface area contributed by atoms with Gasteiger partial charge in [0.05, 0.1) is 0 Å². The van der Waals surface area contributed by atoms with Gasteiger partial charge in [-0.1, -0.05) is 0 Å². The minimum Gasteiger partial charge on any atom is -1.00 e. The summed E-state index contributed by atoms with van der Waals surface area (Å²) >= 11 is 0. The number of rotatable bonds is 0. The summed E-state index contributed by atoms with van der Waals surface area (Å²) in [6.07, 6.45) is -2.33. The van der Waals surface area contributed by atoms with Gasteiger partial charge in [-0.15, -0.1) is 0 Å². The topological polar surface area (TPSA) is 63.2 Å². The molecule has 7 heteroatoms. The molecule has 3 nitrogen and oxygen atoms in total. The second kappa shape index (κ2) is 22.5. The molecule has 0 fully saturated rings. The Balaban J connectivity index is -0.00000000750. The van der Waals surface area contributed by atoms with Gasteiger partial charge >= 0.3 is 78.4 Å². The van der Waals surface area contributed by atoms with Crippen molar-refractivity contribution in [1.29, 1.82) is 0 Å².